The summed E-state index contributed by atoms with van der Waals surface area (Å²) >= 11 is 0. The third kappa shape index (κ3) is 36.7. The molecule has 8 N–H and O–H groups in total. The Labute approximate surface area is 175 Å². The van der Waals surface area contributed by atoms with Gasteiger partial charge in [0.25, 0.3) is 0 Å². The Kier molecular flexibility index (Phi) is 34.7. The topological polar surface area (TPSA) is 265 Å². The molecule has 2 aromatic rings. The molecule has 0 aliphatic heterocycles. The minimum atomic E-state index is -1.75. The molecule has 0 amide bonds. The zero-order chi connectivity index (χ0) is 20.2. The van der Waals surface area contributed by atoms with Crippen LogP contribution in [-0.4, -0.2) is 43.6 Å². The minimum absolute atomic E-state index is 0. The Morgan fingerprint density at radius 1 is 0.724 bits per heavy atom. The van der Waals surface area contributed by atoms with E-state index in [1.807, 2.05) is 36.4 Å². The number of nitrogens with zero attached hydrogens (tertiary/aromatic N) is 4. The summed E-state index contributed by atoms with van der Waals surface area (Å²) < 4.78 is 0. The van der Waals surface area contributed by atoms with Crippen molar-refractivity contribution in [3.63, 3.8) is 0 Å². The maximum atomic E-state index is 8.48. The summed E-state index contributed by atoms with van der Waals surface area (Å²) in [5, 5.41) is 46.5. The summed E-state index contributed by atoms with van der Waals surface area (Å²) in [6, 6.07) is 11.4. The van der Waals surface area contributed by atoms with Gasteiger partial charge in [-0.1, -0.05) is 12.1 Å². The van der Waals surface area contributed by atoms with Gasteiger partial charge in [-0.25, -0.2) is 0 Å². The Bertz CT molecular complexity index is 534. The van der Waals surface area contributed by atoms with Crippen molar-refractivity contribution in [3.8, 4) is 0 Å². The molecule has 1 radical (unpaired) electrons. The van der Waals surface area contributed by atoms with Gasteiger partial charge in [-0.15, -0.1) is 0 Å². The van der Waals surface area contributed by atoms with Gasteiger partial charge in [0.05, 0.1) is 10.2 Å². The molecule has 2 aromatic heterocycles. The monoisotopic (exact) mass is 467 g/mol. The predicted octanol–water partition coefficient (Wildman–Crippen LogP) is -1.09. The fourth-order valence-corrected chi connectivity index (χ4v) is 1.32. The normalized spacial score (nSPS) is 7.52. The van der Waals surface area contributed by atoms with Gasteiger partial charge in [0.15, 0.2) is 0 Å². The predicted molar refractivity (Wildman–Crippen MR) is 101 cm³/mol. The van der Waals surface area contributed by atoms with Crippen molar-refractivity contribution in [3.05, 3.63) is 90.8 Å². The summed E-state index contributed by atoms with van der Waals surface area (Å²) in [4.78, 5) is 24.5. The smallest absolute Gasteiger partial charge is 0.457 e. The van der Waals surface area contributed by atoms with Crippen molar-refractivity contribution in [2.45, 2.75) is 12.8 Å². The molecular formula is C14H24CoN4O10+2. The summed E-state index contributed by atoms with van der Waals surface area (Å²) in [6.45, 7) is 0.355. The van der Waals surface area contributed by atoms with Crippen LogP contribution in [0.3, 0.4) is 0 Å². The standard InChI is InChI=1S/2C7H9NO.Co.2NO3.2H2O/c2*9-6-4-7-3-1-2-5-8-7;;2*2-1(3)4;;/h2*1-3,5,9H,4,6H2;;;;2*1H2/q;;+2;2*-1;;/p+2. The Hall–Kier alpha value is -2.95. The maximum Gasteiger partial charge on any atom is 2.00 e. The van der Waals surface area contributed by atoms with Crippen molar-refractivity contribution in [2.75, 3.05) is 13.2 Å². The molecule has 2 heterocycles. The van der Waals surface area contributed by atoms with Gasteiger partial charge in [0, 0.05) is 49.8 Å². The Balaban J connectivity index is -0.0000000912. The molecule has 2 rings (SSSR count). The number of aliphatic hydroxyl groups excluding tert-OH is 2. The van der Waals surface area contributed by atoms with Crippen molar-refractivity contribution in [2.24, 2.45) is 0 Å². The molecule has 15 heteroatoms. The first-order valence-corrected chi connectivity index (χ1v) is 6.98. The molecule has 0 bridgehead atoms. The number of pyridine rings is 2. The molecule has 0 aromatic carbocycles. The van der Waals surface area contributed by atoms with Crippen LogP contribution < -0.4 is 0 Å². The van der Waals surface area contributed by atoms with Crippen LogP contribution in [0.25, 0.3) is 0 Å². The van der Waals surface area contributed by atoms with Crippen LogP contribution in [0, 0.1) is 30.6 Å². The van der Waals surface area contributed by atoms with E-state index in [4.69, 9.17) is 40.9 Å². The second kappa shape index (κ2) is 27.3. The van der Waals surface area contributed by atoms with E-state index in [2.05, 4.69) is 9.97 Å². The largest absolute Gasteiger partial charge is 2.00 e. The molecule has 167 valence electrons. The minimum Gasteiger partial charge on any atom is -0.457 e. The molecule has 14 nitrogen and oxygen atoms in total. The molecular weight excluding hydrogens is 443 g/mol. The molecule has 29 heavy (non-hydrogen) atoms. The number of hydrogen-bond acceptors (Lipinski definition) is 10. The summed E-state index contributed by atoms with van der Waals surface area (Å²) in [7, 11) is 0. The second-order valence-corrected chi connectivity index (χ2v) is 4.04. The van der Waals surface area contributed by atoms with E-state index in [1.165, 1.54) is 0 Å². The van der Waals surface area contributed by atoms with Crippen LogP contribution in [0.2, 0.25) is 0 Å². The van der Waals surface area contributed by atoms with Gasteiger partial charge in [-0.2, -0.15) is 0 Å². The van der Waals surface area contributed by atoms with Gasteiger partial charge in [0.2, 0.25) is 0 Å². The van der Waals surface area contributed by atoms with Crippen LogP contribution in [-0.2, 0) is 40.6 Å². The number of aliphatic hydroxyl groups is 2. The van der Waals surface area contributed by atoms with E-state index in [9.17, 15) is 0 Å². The fourth-order valence-electron chi connectivity index (χ4n) is 1.32. The van der Waals surface area contributed by atoms with E-state index in [-0.39, 0.29) is 40.9 Å². The van der Waals surface area contributed by atoms with Crippen LogP contribution >= 0.6 is 0 Å². The van der Waals surface area contributed by atoms with Crippen molar-refractivity contribution in [1.29, 1.82) is 0 Å². The SMILES string of the molecule is O=[N+]([O-])[O-].O=[N+]([O-])[O-].OCCc1ccccn1.OCCc1ccccn1.[Co+2].[OH3+].[OH3+]. The number of hydrogen-bond donors (Lipinski definition) is 2. The molecule has 0 spiro atoms. The van der Waals surface area contributed by atoms with E-state index in [0.717, 1.165) is 11.4 Å². The Morgan fingerprint density at radius 3 is 1.17 bits per heavy atom. The Morgan fingerprint density at radius 2 is 1.00 bits per heavy atom. The maximum absolute atomic E-state index is 8.48. The molecule has 0 atom stereocenters. The molecule has 0 fully saturated rings. The van der Waals surface area contributed by atoms with Crippen LogP contribution in [0.5, 0.6) is 0 Å². The summed E-state index contributed by atoms with van der Waals surface area (Å²) in [6.07, 6.45) is 4.76. The second-order valence-electron chi connectivity index (χ2n) is 4.04. The van der Waals surface area contributed by atoms with Crippen molar-refractivity contribution >= 4 is 0 Å². The van der Waals surface area contributed by atoms with Gasteiger partial charge in [-0.3, -0.25) is 9.97 Å². The fraction of sp³-hybridized carbons (Fsp3) is 0.286. The molecule has 0 aliphatic rings. The van der Waals surface area contributed by atoms with Gasteiger partial charge >= 0.3 is 16.8 Å². The van der Waals surface area contributed by atoms with E-state index < -0.39 is 10.2 Å². The van der Waals surface area contributed by atoms with Crippen LogP contribution in [0.1, 0.15) is 11.4 Å². The molecule has 0 saturated carbocycles. The van der Waals surface area contributed by atoms with E-state index in [1.54, 1.807) is 12.4 Å². The van der Waals surface area contributed by atoms with E-state index >= 15 is 0 Å². The number of aromatic nitrogens is 2. The first kappa shape index (κ1) is 36.9. The van der Waals surface area contributed by atoms with Gasteiger partial charge < -0.3 is 51.8 Å². The third-order valence-electron chi connectivity index (χ3n) is 2.19. The summed E-state index contributed by atoms with van der Waals surface area (Å²) in [5.41, 5.74) is 1.89. The van der Waals surface area contributed by atoms with E-state index in [0.29, 0.717) is 12.8 Å². The molecule has 0 unspecified atom stereocenters. The van der Waals surface area contributed by atoms with Crippen molar-refractivity contribution < 1.29 is 48.1 Å². The first-order chi connectivity index (χ1) is 12.3. The van der Waals surface area contributed by atoms with Gasteiger partial charge in [0.1, 0.15) is 0 Å². The van der Waals surface area contributed by atoms with Crippen molar-refractivity contribution in [1.82, 2.24) is 9.97 Å². The van der Waals surface area contributed by atoms with Crippen LogP contribution in [0.4, 0.5) is 0 Å². The average molecular weight is 467 g/mol. The summed E-state index contributed by atoms with van der Waals surface area (Å²) in [5.74, 6) is 0. The number of rotatable bonds is 4. The first-order valence-electron chi connectivity index (χ1n) is 6.98. The quantitative estimate of drug-likeness (QED) is 0.311. The van der Waals surface area contributed by atoms with Gasteiger partial charge in [-0.05, 0) is 24.3 Å². The third-order valence-corrected chi connectivity index (χ3v) is 2.19. The molecule has 0 aliphatic carbocycles. The zero-order valence-electron chi connectivity index (χ0n) is 15.1. The average Bonchev–Trinajstić information content (AvgIpc) is 2.57. The zero-order valence-corrected chi connectivity index (χ0v) is 16.1. The molecule has 0 saturated heterocycles. The van der Waals surface area contributed by atoms with Crippen LogP contribution in [0.15, 0.2) is 48.8 Å².